The molecular weight excluding hydrogens is 232 g/mol. The average Bonchev–Trinajstić information content (AvgIpc) is 2.42. The molecule has 18 heavy (non-hydrogen) atoms. The first-order chi connectivity index (χ1) is 8.65. The highest BCUT2D eigenvalue weighted by Gasteiger charge is 1.95. The molecule has 0 saturated carbocycles. The van der Waals surface area contributed by atoms with Crippen LogP contribution in [0.1, 0.15) is 11.1 Å². The Bertz CT molecular complexity index is 445. The molecule has 4 heteroatoms. The lowest BCUT2D eigenvalue weighted by atomic mass is 10.1. The molecule has 94 valence electrons. The van der Waals surface area contributed by atoms with Gasteiger partial charge >= 0.3 is 11.9 Å². The quantitative estimate of drug-likeness (QED) is 0.602. The topological polar surface area (TPSA) is 52.6 Å². The summed E-state index contributed by atoms with van der Waals surface area (Å²) in [5, 5.41) is 0. The van der Waals surface area contributed by atoms with Crippen LogP contribution in [-0.4, -0.2) is 26.2 Å². The summed E-state index contributed by atoms with van der Waals surface area (Å²) in [6.07, 6.45) is 5.95. The number of benzene rings is 1. The Morgan fingerprint density at radius 1 is 0.944 bits per heavy atom. The van der Waals surface area contributed by atoms with E-state index in [9.17, 15) is 9.59 Å². The van der Waals surface area contributed by atoms with E-state index >= 15 is 0 Å². The minimum atomic E-state index is -0.412. The van der Waals surface area contributed by atoms with Crippen LogP contribution in [0.5, 0.6) is 0 Å². The molecule has 0 unspecified atom stereocenters. The van der Waals surface area contributed by atoms with Crippen molar-refractivity contribution in [3.63, 3.8) is 0 Å². The molecule has 0 aliphatic rings. The van der Waals surface area contributed by atoms with Crippen molar-refractivity contribution >= 4 is 24.1 Å². The van der Waals surface area contributed by atoms with Crippen LogP contribution in [0, 0.1) is 0 Å². The van der Waals surface area contributed by atoms with Crippen LogP contribution in [0.25, 0.3) is 12.2 Å². The minimum Gasteiger partial charge on any atom is -0.466 e. The molecule has 0 heterocycles. The van der Waals surface area contributed by atoms with Gasteiger partial charge in [-0.25, -0.2) is 9.59 Å². The Hall–Kier alpha value is -2.36. The summed E-state index contributed by atoms with van der Waals surface area (Å²) in [7, 11) is 2.64. The van der Waals surface area contributed by atoms with E-state index in [-0.39, 0.29) is 0 Å². The third-order valence-electron chi connectivity index (χ3n) is 2.14. The number of carbonyl (C=O) groups excluding carboxylic acids is 2. The van der Waals surface area contributed by atoms with Crippen LogP contribution in [0.3, 0.4) is 0 Å². The third kappa shape index (κ3) is 4.65. The Balaban J connectivity index is 2.79. The molecule has 1 rings (SSSR count). The number of carbonyl (C=O) groups is 2. The fourth-order valence-electron chi connectivity index (χ4n) is 1.23. The maximum absolute atomic E-state index is 10.9. The maximum atomic E-state index is 10.9. The lowest BCUT2D eigenvalue weighted by Gasteiger charge is -1.97. The van der Waals surface area contributed by atoms with Gasteiger partial charge in [0.2, 0.25) is 0 Å². The standard InChI is InChI=1S/C14H14O4/c1-17-13(15)8-6-11-4-3-5-12(10-11)7-9-14(16)18-2/h3-10H,1-2H3/b8-6-,9-7-. The Morgan fingerprint density at radius 3 is 1.78 bits per heavy atom. The molecule has 0 atom stereocenters. The second-order valence-electron chi connectivity index (χ2n) is 3.38. The molecule has 1 aromatic carbocycles. The van der Waals surface area contributed by atoms with Gasteiger partial charge in [-0.05, 0) is 29.3 Å². The lowest BCUT2D eigenvalue weighted by Crippen LogP contribution is -1.93. The molecule has 1 aromatic rings. The normalized spacial score (nSPS) is 10.8. The maximum Gasteiger partial charge on any atom is 0.330 e. The first kappa shape index (κ1) is 13.7. The first-order valence-electron chi connectivity index (χ1n) is 5.28. The van der Waals surface area contributed by atoms with Crippen molar-refractivity contribution < 1.29 is 19.1 Å². The van der Waals surface area contributed by atoms with Crippen molar-refractivity contribution in [2.24, 2.45) is 0 Å². The molecule has 0 fully saturated rings. The Labute approximate surface area is 106 Å². The summed E-state index contributed by atoms with van der Waals surface area (Å²) in [4.78, 5) is 21.9. The molecule has 0 amide bonds. The number of hydrogen-bond donors (Lipinski definition) is 0. The largest absolute Gasteiger partial charge is 0.466 e. The van der Waals surface area contributed by atoms with Crippen molar-refractivity contribution in [3.8, 4) is 0 Å². The highest BCUT2D eigenvalue weighted by molar-refractivity contribution is 5.88. The van der Waals surface area contributed by atoms with Crippen molar-refractivity contribution in [1.29, 1.82) is 0 Å². The molecule has 0 aromatic heterocycles. The summed E-state index contributed by atoms with van der Waals surface area (Å²) in [5.41, 5.74) is 1.68. The number of hydrogen-bond acceptors (Lipinski definition) is 4. The zero-order valence-corrected chi connectivity index (χ0v) is 10.3. The van der Waals surface area contributed by atoms with Crippen LogP contribution in [-0.2, 0) is 19.1 Å². The summed E-state index contributed by atoms with van der Waals surface area (Å²) in [6, 6.07) is 7.34. The lowest BCUT2D eigenvalue weighted by molar-refractivity contribution is -0.135. The zero-order valence-electron chi connectivity index (χ0n) is 10.3. The molecule has 0 saturated heterocycles. The van der Waals surface area contributed by atoms with Gasteiger partial charge in [0.25, 0.3) is 0 Å². The third-order valence-corrected chi connectivity index (χ3v) is 2.14. The Morgan fingerprint density at radius 2 is 1.39 bits per heavy atom. The van der Waals surface area contributed by atoms with Gasteiger partial charge in [-0.3, -0.25) is 0 Å². The van der Waals surface area contributed by atoms with E-state index in [1.54, 1.807) is 12.2 Å². The molecule has 0 radical (unpaired) electrons. The molecule has 4 nitrogen and oxygen atoms in total. The van der Waals surface area contributed by atoms with Gasteiger partial charge in [-0.15, -0.1) is 0 Å². The van der Waals surface area contributed by atoms with Gasteiger partial charge in [0.05, 0.1) is 14.2 Å². The highest BCUT2D eigenvalue weighted by atomic mass is 16.5. The monoisotopic (exact) mass is 246 g/mol. The van der Waals surface area contributed by atoms with E-state index in [0.717, 1.165) is 11.1 Å². The zero-order chi connectivity index (χ0) is 13.4. The molecule has 0 aliphatic carbocycles. The number of esters is 2. The molecule has 0 bridgehead atoms. The van der Waals surface area contributed by atoms with Crippen LogP contribution in [0.4, 0.5) is 0 Å². The fourth-order valence-corrected chi connectivity index (χ4v) is 1.23. The van der Waals surface area contributed by atoms with Gasteiger partial charge in [0.15, 0.2) is 0 Å². The van der Waals surface area contributed by atoms with Gasteiger partial charge in [0, 0.05) is 12.2 Å². The minimum absolute atomic E-state index is 0.412. The van der Waals surface area contributed by atoms with Crippen molar-refractivity contribution in [3.05, 3.63) is 47.5 Å². The smallest absolute Gasteiger partial charge is 0.330 e. The second-order valence-corrected chi connectivity index (χ2v) is 3.38. The summed E-state index contributed by atoms with van der Waals surface area (Å²) >= 11 is 0. The predicted molar refractivity (Wildman–Crippen MR) is 68.5 cm³/mol. The van der Waals surface area contributed by atoms with E-state index in [2.05, 4.69) is 9.47 Å². The summed E-state index contributed by atoms with van der Waals surface area (Å²) < 4.78 is 8.99. The highest BCUT2D eigenvalue weighted by Crippen LogP contribution is 2.09. The molecule has 0 N–H and O–H groups in total. The van der Waals surface area contributed by atoms with Crippen LogP contribution < -0.4 is 0 Å². The fraction of sp³-hybridized carbons (Fsp3) is 0.143. The molecule has 0 aliphatic heterocycles. The van der Waals surface area contributed by atoms with Gasteiger partial charge < -0.3 is 9.47 Å². The van der Waals surface area contributed by atoms with Crippen LogP contribution in [0.2, 0.25) is 0 Å². The van der Waals surface area contributed by atoms with Gasteiger partial charge in [-0.2, -0.15) is 0 Å². The van der Waals surface area contributed by atoms with E-state index < -0.39 is 11.9 Å². The molecule has 0 spiro atoms. The van der Waals surface area contributed by atoms with Crippen molar-refractivity contribution in [2.45, 2.75) is 0 Å². The number of methoxy groups -OCH3 is 2. The number of ether oxygens (including phenoxy) is 2. The second kappa shape index (κ2) is 7.06. The average molecular weight is 246 g/mol. The Kier molecular flexibility index (Phi) is 5.38. The summed E-state index contributed by atoms with van der Waals surface area (Å²) in [6.45, 7) is 0. The van der Waals surface area contributed by atoms with Crippen molar-refractivity contribution in [1.82, 2.24) is 0 Å². The van der Waals surface area contributed by atoms with E-state index in [0.29, 0.717) is 0 Å². The first-order valence-corrected chi connectivity index (χ1v) is 5.28. The summed E-state index contributed by atoms with van der Waals surface area (Å²) in [5.74, 6) is -0.823. The SMILES string of the molecule is COC(=O)/C=C\c1cccc(/C=C\C(=O)OC)c1. The van der Waals surface area contributed by atoms with E-state index in [1.165, 1.54) is 26.4 Å². The van der Waals surface area contributed by atoms with Crippen LogP contribution in [0.15, 0.2) is 36.4 Å². The van der Waals surface area contributed by atoms with Crippen LogP contribution >= 0.6 is 0 Å². The predicted octanol–water partition coefficient (Wildman–Crippen LogP) is 2.06. The van der Waals surface area contributed by atoms with E-state index in [4.69, 9.17) is 0 Å². The van der Waals surface area contributed by atoms with Gasteiger partial charge in [0.1, 0.15) is 0 Å². The van der Waals surface area contributed by atoms with Crippen molar-refractivity contribution in [2.75, 3.05) is 14.2 Å². The number of rotatable bonds is 4. The van der Waals surface area contributed by atoms with Gasteiger partial charge in [-0.1, -0.05) is 18.2 Å². The van der Waals surface area contributed by atoms with E-state index in [1.807, 2.05) is 24.3 Å². The molecular formula is C14H14O4.